The van der Waals surface area contributed by atoms with E-state index in [1.807, 2.05) is 26.8 Å². The summed E-state index contributed by atoms with van der Waals surface area (Å²) in [5.74, 6) is -0.448. The van der Waals surface area contributed by atoms with Crippen LogP contribution < -0.4 is 10.9 Å². The number of para-hydroxylation sites is 1. The van der Waals surface area contributed by atoms with Gasteiger partial charge in [-0.3, -0.25) is 14.2 Å². The molecule has 0 saturated carbocycles. The molecule has 30 heavy (non-hydrogen) atoms. The second-order valence-corrected chi connectivity index (χ2v) is 8.41. The van der Waals surface area contributed by atoms with Crippen molar-refractivity contribution in [1.82, 2.24) is 14.9 Å². The first-order valence-electron chi connectivity index (χ1n) is 10.2. The predicted molar refractivity (Wildman–Crippen MR) is 120 cm³/mol. The predicted octanol–water partition coefficient (Wildman–Crippen LogP) is 4.70. The Kier molecular flexibility index (Phi) is 7.26. The normalized spacial score (nSPS) is 13.2. The van der Waals surface area contributed by atoms with Gasteiger partial charge in [-0.2, -0.15) is 0 Å². The number of carbonyl (C=O) groups is 1. The maximum absolute atomic E-state index is 13.5. The zero-order valence-corrected chi connectivity index (χ0v) is 18.2. The van der Waals surface area contributed by atoms with E-state index in [-0.39, 0.29) is 28.6 Å². The fraction of sp³-hybridized carbons (Fsp3) is 0.348. The zero-order valence-electron chi connectivity index (χ0n) is 17.4. The minimum absolute atomic E-state index is 0.0655. The zero-order chi connectivity index (χ0) is 21.7. The van der Waals surface area contributed by atoms with Crippen molar-refractivity contribution in [2.24, 2.45) is 0 Å². The molecule has 0 radical (unpaired) electrons. The molecule has 1 heterocycles. The number of carbonyl (C=O) groups excluding carboxylic acids is 1. The van der Waals surface area contributed by atoms with Gasteiger partial charge in [-0.05, 0) is 56.2 Å². The van der Waals surface area contributed by atoms with Crippen molar-refractivity contribution in [3.05, 3.63) is 64.7 Å². The maximum Gasteiger partial charge on any atom is 0.266 e. The summed E-state index contributed by atoms with van der Waals surface area (Å²) in [7, 11) is 0. The minimum atomic E-state index is -0.385. The Balaban J connectivity index is 2.10. The van der Waals surface area contributed by atoms with E-state index < -0.39 is 0 Å². The standard InChI is InChI=1S/C23H26FN3O2S/c1-4-8-20(21(28)25-15(3)5-2)30-23-26-19-10-7-6-9-18(19)22(29)27(23)17-13-11-16(24)12-14-17/h6-7,9-15,20H,4-5,8H2,1-3H3,(H,25,28). The molecule has 2 atom stereocenters. The van der Waals surface area contributed by atoms with Gasteiger partial charge in [0.25, 0.3) is 5.56 Å². The van der Waals surface area contributed by atoms with Gasteiger partial charge in [0, 0.05) is 6.04 Å². The van der Waals surface area contributed by atoms with Gasteiger partial charge in [0.1, 0.15) is 5.82 Å². The topological polar surface area (TPSA) is 64.0 Å². The van der Waals surface area contributed by atoms with Crippen molar-refractivity contribution in [3.8, 4) is 5.69 Å². The number of hydrogen-bond donors (Lipinski definition) is 1. The van der Waals surface area contributed by atoms with Crippen molar-refractivity contribution >= 4 is 28.6 Å². The Morgan fingerprint density at radius 2 is 1.87 bits per heavy atom. The van der Waals surface area contributed by atoms with Gasteiger partial charge in [-0.15, -0.1) is 0 Å². The van der Waals surface area contributed by atoms with Gasteiger partial charge >= 0.3 is 0 Å². The quantitative estimate of drug-likeness (QED) is 0.418. The maximum atomic E-state index is 13.5. The van der Waals surface area contributed by atoms with Crippen LogP contribution in [0.4, 0.5) is 4.39 Å². The summed E-state index contributed by atoms with van der Waals surface area (Å²) >= 11 is 1.27. The Labute approximate surface area is 179 Å². The van der Waals surface area contributed by atoms with Crippen LogP contribution in [-0.4, -0.2) is 26.8 Å². The van der Waals surface area contributed by atoms with Gasteiger partial charge < -0.3 is 5.32 Å². The molecule has 2 aromatic carbocycles. The molecule has 3 rings (SSSR count). The highest BCUT2D eigenvalue weighted by Crippen LogP contribution is 2.28. The van der Waals surface area contributed by atoms with Crippen molar-refractivity contribution in [3.63, 3.8) is 0 Å². The second kappa shape index (κ2) is 9.89. The highest BCUT2D eigenvalue weighted by molar-refractivity contribution is 8.00. The molecule has 158 valence electrons. The van der Waals surface area contributed by atoms with Crippen molar-refractivity contribution in [2.45, 2.75) is 56.5 Å². The highest BCUT2D eigenvalue weighted by atomic mass is 32.2. The fourth-order valence-corrected chi connectivity index (χ4v) is 4.31. The molecule has 5 nitrogen and oxygen atoms in total. The van der Waals surface area contributed by atoms with Gasteiger partial charge in [0.05, 0.1) is 21.8 Å². The van der Waals surface area contributed by atoms with Crippen LogP contribution in [0, 0.1) is 5.82 Å². The molecular weight excluding hydrogens is 401 g/mol. The lowest BCUT2D eigenvalue weighted by Gasteiger charge is -2.20. The lowest BCUT2D eigenvalue weighted by Crippen LogP contribution is -2.38. The Morgan fingerprint density at radius 3 is 2.53 bits per heavy atom. The van der Waals surface area contributed by atoms with E-state index in [4.69, 9.17) is 4.98 Å². The van der Waals surface area contributed by atoms with E-state index in [1.54, 1.807) is 30.3 Å². The minimum Gasteiger partial charge on any atom is -0.353 e. The monoisotopic (exact) mass is 427 g/mol. The molecule has 2 unspecified atom stereocenters. The number of nitrogens with zero attached hydrogens (tertiary/aromatic N) is 2. The Hall–Kier alpha value is -2.67. The van der Waals surface area contributed by atoms with Crippen LogP contribution in [0.15, 0.2) is 58.5 Å². The summed E-state index contributed by atoms with van der Waals surface area (Å²) in [6.45, 7) is 6.00. The molecule has 0 aliphatic rings. The summed E-state index contributed by atoms with van der Waals surface area (Å²) in [6.07, 6.45) is 2.31. The first-order valence-corrected chi connectivity index (χ1v) is 11.1. The first-order chi connectivity index (χ1) is 14.4. The molecule has 0 fully saturated rings. The van der Waals surface area contributed by atoms with Crippen LogP contribution in [0.2, 0.25) is 0 Å². The molecule has 0 saturated heterocycles. The van der Waals surface area contributed by atoms with Crippen LogP contribution >= 0.6 is 11.8 Å². The van der Waals surface area contributed by atoms with E-state index in [9.17, 15) is 14.0 Å². The largest absolute Gasteiger partial charge is 0.353 e. The van der Waals surface area contributed by atoms with Crippen molar-refractivity contribution in [2.75, 3.05) is 0 Å². The Morgan fingerprint density at radius 1 is 1.17 bits per heavy atom. The summed E-state index contributed by atoms with van der Waals surface area (Å²) in [5.41, 5.74) is 0.841. The number of rotatable bonds is 8. The summed E-state index contributed by atoms with van der Waals surface area (Å²) in [4.78, 5) is 30.8. The number of amides is 1. The van der Waals surface area contributed by atoms with Gasteiger partial charge in [0.15, 0.2) is 5.16 Å². The smallest absolute Gasteiger partial charge is 0.266 e. The molecule has 1 N–H and O–H groups in total. The van der Waals surface area contributed by atoms with E-state index in [0.717, 1.165) is 12.8 Å². The number of aromatic nitrogens is 2. The Bertz CT molecular complexity index is 1080. The SMILES string of the molecule is CCCC(Sc1nc2ccccc2c(=O)n1-c1ccc(F)cc1)C(=O)NC(C)CC. The van der Waals surface area contributed by atoms with Crippen LogP contribution in [0.5, 0.6) is 0 Å². The van der Waals surface area contributed by atoms with Crippen LogP contribution in [-0.2, 0) is 4.79 Å². The fourth-order valence-electron chi connectivity index (χ4n) is 3.08. The number of nitrogens with one attached hydrogen (secondary N) is 1. The molecule has 0 aliphatic carbocycles. The van der Waals surface area contributed by atoms with E-state index in [1.165, 1.54) is 28.5 Å². The lowest BCUT2D eigenvalue weighted by molar-refractivity contribution is -0.121. The third-order valence-electron chi connectivity index (χ3n) is 4.92. The van der Waals surface area contributed by atoms with E-state index in [2.05, 4.69) is 5.32 Å². The molecule has 1 amide bonds. The van der Waals surface area contributed by atoms with Gasteiger partial charge in [-0.1, -0.05) is 44.2 Å². The lowest BCUT2D eigenvalue weighted by atomic mass is 10.2. The van der Waals surface area contributed by atoms with Crippen LogP contribution in [0.3, 0.4) is 0 Å². The summed E-state index contributed by atoms with van der Waals surface area (Å²) in [6, 6.07) is 12.9. The number of halogens is 1. The van der Waals surface area contributed by atoms with Crippen molar-refractivity contribution < 1.29 is 9.18 Å². The first kappa shape index (κ1) is 22.0. The number of benzene rings is 2. The van der Waals surface area contributed by atoms with Crippen LogP contribution in [0.25, 0.3) is 16.6 Å². The molecule has 0 spiro atoms. The highest BCUT2D eigenvalue weighted by Gasteiger charge is 2.24. The third kappa shape index (κ3) is 4.90. The van der Waals surface area contributed by atoms with Crippen LogP contribution in [0.1, 0.15) is 40.0 Å². The van der Waals surface area contributed by atoms with E-state index >= 15 is 0 Å². The number of hydrogen-bond acceptors (Lipinski definition) is 4. The van der Waals surface area contributed by atoms with Crippen molar-refractivity contribution in [1.29, 1.82) is 0 Å². The van der Waals surface area contributed by atoms with Gasteiger partial charge in [0.2, 0.25) is 5.91 Å². The third-order valence-corrected chi connectivity index (χ3v) is 6.14. The molecular formula is C23H26FN3O2S. The van der Waals surface area contributed by atoms with E-state index in [0.29, 0.717) is 28.2 Å². The summed E-state index contributed by atoms with van der Waals surface area (Å²) in [5, 5.41) is 3.54. The molecule has 3 aromatic rings. The molecule has 0 aliphatic heterocycles. The number of thioether (sulfide) groups is 1. The second-order valence-electron chi connectivity index (χ2n) is 7.24. The average molecular weight is 428 g/mol. The molecule has 0 bridgehead atoms. The average Bonchev–Trinajstić information content (AvgIpc) is 2.74. The molecule has 7 heteroatoms. The molecule has 1 aromatic heterocycles. The van der Waals surface area contributed by atoms with Gasteiger partial charge in [-0.25, -0.2) is 9.37 Å². The number of fused-ring (bicyclic) bond motifs is 1. The summed E-state index contributed by atoms with van der Waals surface area (Å²) < 4.78 is 14.9.